The Morgan fingerprint density at radius 2 is 2.20 bits per heavy atom. The first-order valence-electron chi connectivity index (χ1n) is 6.02. The Labute approximate surface area is 124 Å². The highest BCUT2D eigenvalue weighted by Crippen LogP contribution is 2.38. The van der Waals surface area contributed by atoms with Gasteiger partial charge in [-0.3, -0.25) is 0 Å². The van der Waals surface area contributed by atoms with Gasteiger partial charge in [-0.15, -0.1) is 11.3 Å². The third kappa shape index (κ3) is 2.73. The number of rotatable bonds is 3. The molecule has 4 nitrogen and oxygen atoms in total. The first-order valence-corrected chi connectivity index (χ1v) is 7.28. The van der Waals surface area contributed by atoms with Crippen LogP contribution in [0.25, 0.3) is 0 Å². The molecular formula is C14H11ClO4S. The summed E-state index contributed by atoms with van der Waals surface area (Å²) < 4.78 is 16.1. The van der Waals surface area contributed by atoms with Crippen molar-refractivity contribution in [1.29, 1.82) is 0 Å². The van der Waals surface area contributed by atoms with Crippen LogP contribution in [0.1, 0.15) is 15.2 Å². The molecule has 0 bridgehead atoms. The van der Waals surface area contributed by atoms with Gasteiger partial charge in [0.1, 0.15) is 24.7 Å². The monoisotopic (exact) mass is 310 g/mol. The summed E-state index contributed by atoms with van der Waals surface area (Å²) in [5, 5.41) is 2.29. The molecule has 1 aromatic carbocycles. The molecule has 104 valence electrons. The highest BCUT2D eigenvalue weighted by Gasteiger charge is 2.17. The van der Waals surface area contributed by atoms with Crippen LogP contribution in [0.2, 0.25) is 5.02 Å². The van der Waals surface area contributed by atoms with Crippen LogP contribution < -0.4 is 9.47 Å². The van der Waals surface area contributed by atoms with Gasteiger partial charge in [0.15, 0.2) is 11.5 Å². The van der Waals surface area contributed by atoms with Gasteiger partial charge in [-0.05, 0) is 29.1 Å². The third-order valence-corrected chi connectivity index (χ3v) is 3.88. The van der Waals surface area contributed by atoms with Crippen molar-refractivity contribution < 1.29 is 19.0 Å². The first kappa shape index (κ1) is 13.3. The molecule has 0 atom stereocenters. The Morgan fingerprint density at radius 1 is 1.35 bits per heavy atom. The molecule has 0 saturated heterocycles. The number of carbonyl (C=O) groups is 1. The molecule has 2 heterocycles. The zero-order chi connectivity index (χ0) is 13.9. The molecule has 0 N–H and O–H groups in total. The van der Waals surface area contributed by atoms with Crippen molar-refractivity contribution in [2.45, 2.75) is 6.61 Å². The summed E-state index contributed by atoms with van der Waals surface area (Å²) in [6, 6.07) is 7.03. The number of ether oxygens (including phenoxy) is 3. The SMILES string of the molecule is O=C(OCc1cc(Cl)c2c(c1)OCCO2)c1cccs1. The minimum absolute atomic E-state index is 0.146. The lowest BCUT2D eigenvalue weighted by Gasteiger charge is -2.20. The van der Waals surface area contributed by atoms with E-state index in [0.717, 1.165) is 5.56 Å². The number of hydrogen-bond acceptors (Lipinski definition) is 5. The lowest BCUT2D eigenvalue weighted by Crippen LogP contribution is -2.16. The predicted octanol–water partition coefficient (Wildman–Crippen LogP) is 3.53. The number of fused-ring (bicyclic) bond motifs is 1. The fraction of sp³-hybridized carbons (Fsp3) is 0.214. The van der Waals surface area contributed by atoms with Crippen molar-refractivity contribution in [3.05, 3.63) is 45.1 Å². The molecular weight excluding hydrogens is 300 g/mol. The molecule has 1 aliphatic heterocycles. The summed E-state index contributed by atoms with van der Waals surface area (Å²) in [5.41, 5.74) is 0.768. The fourth-order valence-corrected chi connectivity index (χ4v) is 2.77. The molecule has 20 heavy (non-hydrogen) atoms. The summed E-state index contributed by atoms with van der Waals surface area (Å²) in [7, 11) is 0. The van der Waals surface area contributed by atoms with Gasteiger partial charge in [-0.25, -0.2) is 4.79 Å². The zero-order valence-electron chi connectivity index (χ0n) is 10.4. The molecule has 3 rings (SSSR count). The van der Waals surface area contributed by atoms with Crippen molar-refractivity contribution in [3.63, 3.8) is 0 Å². The Kier molecular flexibility index (Phi) is 3.80. The van der Waals surface area contributed by atoms with E-state index in [1.807, 2.05) is 11.4 Å². The van der Waals surface area contributed by atoms with Gasteiger partial charge < -0.3 is 14.2 Å². The van der Waals surface area contributed by atoms with Gasteiger partial charge in [-0.2, -0.15) is 0 Å². The Morgan fingerprint density at radius 3 is 3.00 bits per heavy atom. The highest BCUT2D eigenvalue weighted by molar-refractivity contribution is 7.11. The van der Waals surface area contributed by atoms with Crippen molar-refractivity contribution in [1.82, 2.24) is 0 Å². The molecule has 0 unspecified atom stereocenters. The van der Waals surface area contributed by atoms with Crippen LogP contribution in [0.3, 0.4) is 0 Å². The molecule has 2 aromatic rings. The van der Waals surface area contributed by atoms with Crippen LogP contribution in [0.5, 0.6) is 11.5 Å². The van der Waals surface area contributed by atoms with Crippen LogP contribution >= 0.6 is 22.9 Å². The zero-order valence-corrected chi connectivity index (χ0v) is 12.0. The van der Waals surface area contributed by atoms with Crippen molar-refractivity contribution in [3.8, 4) is 11.5 Å². The second-order valence-corrected chi connectivity index (χ2v) is 5.51. The van der Waals surface area contributed by atoms with Gasteiger partial charge in [0.25, 0.3) is 0 Å². The van der Waals surface area contributed by atoms with E-state index in [-0.39, 0.29) is 12.6 Å². The smallest absolute Gasteiger partial charge is 0.348 e. The minimum Gasteiger partial charge on any atom is -0.486 e. The second-order valence-electron chi connectivity index (χ2n) is 4.16. The summed E-state index contributed by atoms with van der Waals surface area (Å²) in [4.78, 5) is 12.3. The lowest BCUT2D eigenvalue weighted by atomic mass is 10.2. The molecule has 0 fully saturated rings. The first-order chi connectivity index (χ1) is 9.74. The summed E-state index contributed by atoms with van der Waals surface area (Å²) in [5.74, 6) is 0.795. The molecule has 0 radical (unpaired) electrons. The van der Waals surface area contributed by atoms with E-state index in [1.165, 1.54) is 11.3 Å². The van der Waals surface area contributed by atoms with Crippen LogP contribution in [0.15, 0.2) is 29.6 Å². The van der Waals surface area contributed by atoms with Gasteiger partial charge in [0.05, 0.1) is 5.02 Å². The summed E-state index contributed by atoms with van der Waals surface area (Å²) in [6.45, 7) is 1.12. The van der Waals surface area contributed by atoms with E-state index < -0.39 is 0 Å². The van der Waals surface area contributed by atoms with E-state index in [2.05, 4.69) is 0 Å². The van der Waals surface area contributed by atoms with E-state index in [0.29, 0.717) is 34.6 Å². The maximum Gasteiger partial charge on any atom is 0.348 e. The standard InChI is InChI=1S/C14H11ClO4S/c15-10-6-9(7-11-13(10)18-4-3-17-11)8-19-14(16)12-2-1-5-20-12/h1-2,5-7H,3-4,8H2. The van der Waals surface area contributed by atoms with Gasteiger partial charge in [0, 0.05) is 0 Å². The third-order valence-electron chi connectivity index (χ3n) is 2.75. The molecule has 0 spiro atoms. The minimum atomic E-state index is -0.342. The number of hydrogen-bond donors (Lipinski definition) is 0. The van der Waals surface area contributed by atoms with E-state index >= 15 is 0 Å². The van der Waals surface area contributed by atoms with Crippen molar-refractivity contribution in [2.75, 3.05) is 13.2 Å². The highest BCUT2D eigenvalue weighted by atomic mass is 35.5. The average molecular weight is 311 g/mol. The molecule has 6 heteroatoms. The van der Waals surface area contributed by atoms with E-state index in [9.17, 15) is 4.79 Å². The Bertz CT molecular complexity index is 624. The van der Waals surface area contributed by atoms with Crippen molar-refractivity contribution in [2.24, 2.45) is 0 Å². The number of esters is 1. The van der Waals surface area contributed by atoms with Crippen molar-refractivity contribution >= 4 is 28.9 Å². The molecule has 1 aromatic heterocycles. The van der Waals surface area contributed by atoms with Crippen LogP contribution in [0.4, 0.5) is 0 Å². The normalized spacial score (nSPS) is 13.1. The quantitative estimate of drug-likeness (QED) is 0.814. The van der Waals surface area contributed by atoms with E-state index in [1.54, 1.807) is 18.2 Å². The Hall–Kier alpha value is -1.72. The predicted molar refractivity (Wildman–Crippen MR) is 75.9 cm³/mol. The number of carbonyl (C=O) groups excluding carboxylic acids is 1. The molecule has 0 aliphatic carbocycles. The summed E-state index contributed by atoms with van der Waals surface area (Å²) >= 11 is 7.47. The van der Waals surface area contributed by atoms with Gasteiger partial charge in [0.2, 0.25) is 0 Å². The second kappa shape index (κ2) is 5.73. The topological polar surface area (TPSA) is 44.8 Å². The number of halogens is 1. The summed E-state index contributed by atoms with van der Waals surface area (Å²) in [6.07, 6.45) is 0. The molecule has 0 saturated carbocycles. The fourth-order valence-electron chi connectivity index (χ4n) is 1.86. The molecule has 1 aliphatic rings. The van der Waals surface area contributed by atoms with Crippen LogP contribution in [-0.4, -0.2) is 19.2 Å². The van der Waals surface area contributed by atoms with Crippen LogP contribution in [-0.2, 0) is 11.3 Å². The van der Waals surface area contributed by atoms with Gasteiger partial charge >= 0.3 is 5.97 Å². The maximum atomic E-state index is 11.8. The largest absolute Gasteiger partial charge is 0.486 e. The van der Waals surface area contributed by atoms with E-state index in [4.69, 9.17) is 25.8 Å². The number of thiophene rings is 1. The molecule has 0 amide bonds. The average Bonchev–Trinajstić information content (AvgIpc) is 2.99. The van der Waals surface area contributed by atoms with Crippen LogP contribution in [0, 0.1) is 0 Å². The lowest BCUT2D eigenvalue weighted by molar-refractivity contribution is 0.0478. The van der Waals surface area contributed by atoms with Gasteiger partial charge in [-0.1, -0.05) is 17.7 Å². The number of benzene rings is 1. The Balaban J connectivity index is 1.72. The maximum absolute atomic E-state index is 11.8.